The molecule has 8 nitrogen and oxygen atoms in total. The lowest BCUT2D eigenvalue weighted by atomic mass is 9.99. The van der Waals surface area contributed by atoms with Gasteiger partial charge in [0.05, 0.1) is 23.8 Å². The molecule has 0 saturated heterocycles. The number of para-hydroxylation sites is 1. The Morgan fingerprint density at radius 3 is 2.38 bits per heavy atom. The number of ether oxygens (including phenoxy) is 1. The van der Waals surface area contributed by atoms with Gasteiger partial charge in [0.15, 0.2) is 0 Å². The van der Waals surface area contributed by atoms with Crippen LogP contribution in [0.25, 0.3) is 0 Å². The fraction of sp³-hybridized carbons (Fsp3) is 0.355. The van der Waals surface area contributed by atoms with Crippen LogP contribution in [0.2, 0.25) is 0 Å². The Morgan fingerprint density at radius 1 is 1.07 bits per heavy atom. The van der Waals surface area contributed by atoms with Crippen LogP contribution in [-0.4, -0.2) is 65.7 Å². The number of amides is 3. The summed E-state index contributed by atoms with van der Waals surface area (Å²) in [6.07, 6.45) is -4.78. The lowest BCUT2D eigenvalue weighted by molar-refractivity contribution is -0.137. The van der Waals surface area contributed by atoms with E-state index in [-0.39, 0.29) is 30.1 Å². The third kappa shape index (κ3) is 7.80. The van der Waals surface area contributed by atoms with Gasteiger partial charge in [0, 0.05) is 36.9 Å². The van der Waals surface area contributed by atoms with E-state index >= 15 is 0 Å². The van der Waals surface area contributed by atoms with Gasteiger partial charge in [0.1, 0.15) is 11.9 Å². The molecule has 224 valence electrons. The average molecular weight is 585 g/mol. The molecule has 0 radical (unpaired) electrons. The monoisotopic (exact) mass is 584 g/mol. The van der Waals surface area contributed by atoms with Crippen LogP contribution in [0, 0.1) is 5.92 Å². The van der Waals surface area contributed by atoms with Crippen molar-refractivity contribution >= 4 is 23.3 Å². The number of aliphatic hydroxyl groups is 1. The molecule has 11 heteroatoms. The van der Waals surface area contributed by atoms with E-state index in [0.29, 0.717) is 36.8 Å². The highest BCUT2D eigenvalue weighted by Gasteiger charge is 2.34. The van der Waals surface area contributed by atoms with E-state index in [4.69, 9.17) is 4.74 Å². The SMILES string of the molecule is C[C@@H]1CN([C@@H](C)CO)C(=O)c2cc(NC(=O)Nc3ccccc3)ccc2O[C@H]1CN(C)Cc1ccc(C(F)(F)F)cc1. The molecular formula is C31H35F3N4O4. The predicted octanol–water partition coefficient (Wildman–Crippen LogP) is 5.70. The van der Waals surface area contributed by atoms with E-state index in [0.717, 1.165) is 17.7 Å². The number of benzene rings is 3. The van der Waals surface area contributed by atoms with Gasteiger partial charge in [-0.25, -0.2) is 4.79 Å². The summed E-state index contributed by atoms with van der Waals surface area (Å²) in [4.78, 5) is 29.8. The topological polar surface area (TPSA) is 94.1 Å². The van der Waals surface area contributed by atoms with Crippen molar-refractivity contribution in [2.75, 3.05) is 37.4 Å². The van der Waals surface area contributed by atoms with Crippen molar-refractivity contribution in [3.63, 3.8) is 0 Å². The first kappa shape index (κ1) is 30.9. The van der Waals surface area contributed by atoms with Gasteiger partial charge in [0.2, 0.25) is 0 Å². The molecule has 0 saturated carbocycles. The number of carbonyl (C=O) groups excluding carboxylic acids is 2. The molecular weight excluding hydrogens is 549 g/mol. The van der Waals surface area contributed by atoms with Crippen molar-refractivity contribution in [2.45, 2.75) is 38.7 Å². The molecule has 3 amide bonds. The number of likely N-dealkylation sites (N-methyl/N-ethyl adjacent to an activating group) is 1. The van der Waals surface area contributed by atoms with Crippen LogP contribution >= 0.6 is 0 Å². The van der Waals surface area contributed by atoms with Crippen molar-refractivity contribution < 1.29 is 32.6 Å². The number of urea groups is 1. The van der Waals surface area contributed by atoms with E-state index in [1.54, 1.807) is 54.3 Å². The summed E-state index contributed by atoms with van der Waals surface area (Å²) in [5.41, 5.74) is 1.27. The van der Waals surface area contributed by atoms with Gasteiger partial charge < -0.3 is 25.4 Å². The third-order valence-corrected chi connectivity index (χ3v) is 7.18. The number of fused-ring (bicyclic) bond motifs is 1. The summed E-state index contributed by atoms with van der Waals surface area (Å²) < 4.78 is 45.2. The number of aliphatic hydroxyl groups excluding tert-OH is 1. The lowest BCUT2D eigenvalue weighted by Gasteiger charge is -2.38. The molecule has 4 rings (SSSR count). The molecule has 0 bridgehead atoms. The number of carbonyl (C=O) groups is 2. The second kappa shape index (κ2) is 13.3. The highest BCUT2D eigenvalue weighted by Crippen LogP contribution is 2.32. The fourth-order valence-electron chi connectivity index (χ4n) is 4.82. The van der Waals surface area contributed by atoms with Gasteiger partial charge in [-0.1, -0.05) is 37.3 Å². The molecule has 0 fully saturated rings. The van der Waals surface area contributed by atoms with Gasteiger partial charge in [0.25, 0.3) is 5.91 Å². The standard InChI is InChI=1S/C31H35F3N4O4/c1-20-16-38(21(2)19-39)29(40)26-15-25(36-30(41)35-24-7-5-4-6-8-24)13-14-27(26)42-28(20)18-37(3)17-22-9-11-23(12-10-22)31(32,33)34/h4-15,20-21,28,39H,16-19H2,1-3H3,(H2,35,36,41)/t20-,21+,28+/m1/s1. The first-order valence-electron chi connectivity index (χ1n) is 13.6. The Kier molecular flexibility index (Phi) is 9.74. The summed E-state index contributed by atoms with van der Waals surface area (Å²) >= 11 is 0. The highest BCUT2D eigenvalue weighted by molar-refractivity contribution is 6.02. The number of rotatable bonds is 8. The molecule has 0 aromatic heterocycles. The number of halogens is 3. The largest absolute Gasteiger partial charge is 0.488 e. The second-order valence-electron chi connectivity index (χ2n) is 10.7. The van der Waals surface area contributed by atoms with Crippen LogP contribution in [0.5, 0.6) is 5.75 Å². The fourth-order valence-corrected chi connectivity index (χ4v) is 4.82. The van der Waals surface area contributed by atoms with Gasteiger partial charge >= 0.3 is 12.2 Å². The van der Waals surface area contributed by atoms with Crippen LogP contribution in [-0.2, 0) is 12.7 Å². The van der Waals surface area contributed by atoms with E-state index in [1.165, 1.54) is 12.1 Å². The number of anilines is 2. The highest BCUT2D eigenvalue weighted by atomic mass is 19.4. The van der Waals surface area contributed by atoms with E-state index in [9.17, 15) is 27.9 Å². The van der Waals surface area contributed by atoms with Gasteiger partial charge in [-0.3, -0.25) is 9.69 Å². The van der Waals surface area contributed by atoms with Crippen LogP contribution in [0.3, 0.4) is 0 Å². The van der Waals surface area contributed by atoms with Crippen molar-refractivity contribution in [2.24, 2.45) is 5.92 Å². The average Bonchev–Trinajstić information content (AvgIpc) is 2.95. The normalized spacial score (nSPS) is 18.0. The molecule has 3 N–H and O–H groups in total. The van der Waals surface area contributed by atoms with Crippen molar-refractivity contribution in [1.82, 2.24) is 9.80 Å². The summed E-state index contributed by atoms with van der Waals surface area (Å²) in [6.45, 7) is 4.61. The number of hydrogen-bond donors (Lipinski definition) is 3. The van der Waals surface area contributed by atoms with Gasteiger partial charge in [-0.15, -0.1) is 0 Å². The summed E-state index contributed by atoms with van der Waals surface area (Å²) in [7, 11) is 1.85. The molecule has 3 aromatic rings. The Balaban J connectivity index is 1.53. The number of hydrogen-bond acceptors (Lipinski definition) is 5. The molecule has 1 heterocycles. The Labute approximate surface area is 243 Å². The van der Waals surface area contributed by atoms with Crippen molar-refractivity contribution in [1.29, 1.82) is 0 Å². The van der Waals surface area contributed by atoms with Gasteiger partial charge in [-0.05, 0) is 62.0 Å². The molecule has 0 unspecified atom stereocenters. The maximum Gasteiger partial charge on any atom is 0.416 e. The lowest BCUT2D eigenvalue weighted by Crippen LogP contribution is -2.49. The first-order valence-corrected chi connectivity index (χ1v) is 13.6. The van der Waals surface area contributed by atoms with Crippen LogP contribution < -0.4 is 15.4 Å². The minimum Gasteiger partial charge on any atom is -0.488 e. The minimum atomic E-state index is -4.39. The smallest absolute Gasteiger partial charge is 0.416 e. The van der Waals surface area contributed by atoms with Crippen LogP contribution in [0.1, 0.15) is 35.3 Å². The second-order valence-corrected chi connectivity index (χ2v) is 10.7. The maximum absolute atomic E-state index is 13.6. The van der Waals surface area contributed by atoms with E-state index < -0.39 is 23.8 Å². The summed E-state index contributed by atoms with van der Waals surface area (Å²) in [5, 5.41) is 15.4. The van der Waals surface area contributed by atoms with E-state index in [2.05, 4.69) is 10.6 Å². The minimum absolute atomic E-state index is 0.138. The van der Waals surface area contributed by atoms with Crippen molar-refractivity contribution in [3.8, 4) is 5.75 Å². The summed E-state index contributed by atoms with van der Waals surface area (Å²) in [6, 6.07) is 17.9. The van der Waals surface area contributed by atoms with E-state index in [1.807, 2.05) is 24.9 Å². The maximum atomic E-state index is 13.6. The molecule has 1 aliphatic heterocycles. The van der Waals surface area contributed by atoms with Crippen LogP contribution in [0.15, 0.2) is 72.8 Å². The van der Waals surface area contributed by atoms with Crippen molar-refractivity contribution in [3.05, 3.63) is 89.5 Å². The van der Waals surface area contributed by atoms with Crippen LogP contribution in [0.4, 0.5) is 29.3 Å². The predicted molar refractivity (Wildman–Crippen MR) is 154 cm³/mol. The number of nitrogens with one attached hydrogen (secondary N) is 2. The zero-order valence-corrected chi connectivity index (χ0v) is 23.7. The molecule has 1 aliphatic rings. The first-order chi connectivity index (χ1) is 19.9. The molecule has 0 spiro atoms. The third-order valence-electron chi connectivity index (χ3n) is 7.18. The number of alkyl halides is 3. The van der Waals surface area contributed by atoms with Gasteiger partial charge in [-0.2, -0.15) is 13.2 Å². The Bertz CT molecular complexity index is 1370. The summed E-state index contributed by atoms with van der Waals surface area (Å²) in [5.74, 6) is -0.133. The zero-order chi connectivity index (χ0) is 30.4. The molecule has 3 aromatic carbocycles. The quantitative estimate of drug-likeness (QED) is 0.316. The Morgan fingerprint density at radius 2 is 1.74 bits per heavy atom. The Hall–Kier alpha value is -4.09. The molecule has 3 atom stereocenters. The molecule has 42 heavy (non-hydrogen) atoms. The number of nitrogens with zero attached hydrogens (tertiary/aromatic N) is 2. The molecule has 0 aliphatic carbocycles. The zero-order valence-electron chi connectivity index (χ0n) is 23.7.